The number of carbonyl (C=O) groups excluding carboxylic acids is 1. The number of hydrogen-bond acceptors (Lipinski definition) is 4. The second-order valence-electron chi connectivity index (χ2n) is 5.63. The molecule has 0 aliphatic carbocycles. The lowest BCUT2D eigenvalue weighted by Gasteiger charge is -2.32. The molecule has 0 radical (unpaired) electrons. The van der Waals surface area contributed by atoms with Crippen LogP contribution in [0, 0.1) is 0 Å². The molecule has 0 aliphatic heterocycles. The third kappa shape index (κ3) is 4.73. The van der Waals surface area contributed by atoms with Gasteiger partial charge >= 0.3 is 0 Å². The van der Waals surface area contributed by atoms with Crippen LogP contribution in [0.25, 0.3) is 0 Å². The largest absolute Gasteiger partial charge is 0.493 e. The van der Waals surface area contributed by atoms with Gasteiger partial charge in [-0.15, -0.1) is 0 Å². The summed E-state index contributed by atoms with van der Waals surface area (Å²) in [6, 6.07) is 17.1. The standard InChI is InChI=1S/C20H25NO4/c1-4-20(24-3,16-10-6-5-7-11-16)15-21-19(22)14-25-18-13-9-8-12-17(18)23-2/h5-13H,4,14-15H2,1-3H3,(H,21,22). The van der Waals surface area contributed by atoms with Crippen molar-refractivity contribution in [3.63, 3.8) is 0 Å². The summed E-state index contributed by atoms with van der Waals surface area (Å²) in [5.41, 5.74) is 0.479. The molecule has 0 saturated heterocycles. The van der Waals surface area contributed by atoms with Crippen molar-refractivity contribution in [1.29, 1.82) is 0 Å². The number of methoxy groups -OCH3 is 2. The molecule has 0 aromatic heterocycles. The lowest BCUT2D eigenvalue weighted by atomic mass is 9.90. The first-order chi connectivity index (χ1) is 12.1. The minimum atomic E-state index is -0.554. The van der Waals surface area contributed by atoms with Gasteiger partial charge in [-0.3, -0.25) is 4.79 Å². The molecule has 0 spiro atoms. The Morgan fingerprint density at radius 3 is 2.24 bits per heavy atom. The minimum absolute atomic E-state index is 0.0847. The average molecular weight is 343 g/mol. The van der Waals surface area contributed by atoms with E-state index in [4.69, 9.17) is 14.2 Å². The first-order valence-corrected chi connectivity index (χ1v) is 8.28. The first-order valence-electron chi connectivity index (χ1n) is 8.28. The number of benzene rings is 2. The predicted molar refractivity (Wildman–Crippen MR) is 96.9 cm³/mol. The molecule has 1 atom stereocenters. The lowest BCUT2D eigenvalue weighted by Crippen LogP contribution is -2.43. The van der Waals surface area contributed by atoms with Crippen molar-refractivity contribution in [2.24, 2.45) is 0 Å². The van der Waals surface area contributed by atoms with Crippen LogP contribution in [-0.4, -0.2) is 33.3 Å². The highest BCUT2D eigenvalue weighted by Crippen LogP contribution is 2.28. The van der Waals surface area contributed by atoms with Crippen LogP contribution in [0.4, 0.5) is 0 Å². The van der Waals surface area contributed by atoms with Crippen LogP contribution in [-0.2, 0) is 15.1 Å². The monoisotopic (exact) mass is 343 g/mol. The van der Waals surface area contributed by atoms with Gasteiger partial charge in [0.2, 0.25) is 0 Å². The van der Waals surface area contributed by atoms with Crippen molar-refractivity contribution in [3.05, 3.63) is 60.2 Å². The topological polar surface area (TPSA) is 56.8 Å². The van der Waals surface area contributed by atoms with Crippen LogP contribution in [0.2, 0.25) is 0 Å². The highest BCUT2D eigenvalue weighted by atomic mass is 16.5. The third-order valence-corrected chi connectivity index (χ3v) is 4.26. The Morgan fingerprint density at radius 1 is 1.00 bits per heavy atom. The molecule has 2 rings (SSSR count). The highest BCUT2D eigenvalue weighted by Gasteiger charge is 2.30. The van der Waals surface area contributed by atoms with Gasteiger partial charge in [-0.2, -0.15) is 0 Å². The summed E-state index contributed by atoms with van der Waals surface area (Å²) in [4.78, 5) is 12.2. The molecule has 1 N–H and O–H groups in total. The van der Waals surface area contributed by atoms with Gasteiger partial charge in [-0.25, -0.2) is 0 Å². The Hall–Kier alpha value is -2.53. The normalized spacial score (nSPS) is 12.9. The van der Waals surface area contributed by atoms with Gasteiger partial charge in [0.05, 0.1) is 13.7 Å². The molecule has 25 heavy (non-hydrogen) atoms. The van der Waals surface area contributed by atoms with Gasteiger partial charge < -0.3 is 19.5 Å². The van der Waals surface area contributed by atoms with E-state index >= 15 is 0 Å². The maximum absolute atomic E-state index is 12.2. The molecule has 0 aliphatic rings. The Labute approximate surface area is 148 Å². The van der Waals surface area contributed by atoms with Crippen molar-refractivity contribution in [2.45, 2.75) is 18.9 Å². The summed E-state index contributed by atoms with van der Waals surface area (Å²) >= 11 is 0. The predicted octanol–water partition coefficient (Wildman–Crippen LogP) is 3.14. The molecule has 0 fully saturated rings. The average Bonchev–Trinajstić information content (AvgIpc) is 2.68. The molecule has 5 nitrogen and oxygen atoms in total. The summed E-state index contributed by atoms with van der Waals surface area (Å²) in [6.45, 7) is 2.32. The fourth-order valence-electron chi connectivity index (χ4n) is 2.68. The second kappa shape index (κ2) is 9.08. The number of hydrogen-bond donors (Lipinski definition) is 1. The smallest absolute Gasteiger partial charge is 0.258 e. The summed E-state index contributed by atoms with van der Waals surface area (Å²) < 4.78 is 16.5. The molecule has 0 heterocycles. The summed E-state index contributed by atoms with van der Waals surface area (Å²) in [6.07, 6.45) is 0.737. The molecule has 2 aromatic rings. The molecule has 0 bridgehead atoms. The van der Waals surface area contributed by atoms with Crippen molar-refractivity contribution in [2.75, 3.05) is 27.4 Å². The van der Waals surface area contributed by atoms with E-state index in [1.807, 2.05) is 49.4 Å². The minimum Gasteiger partial charge on any atom is -0.493 e. The molecular formula is C20H25NO4. The molecule has 2 aromatic carbocycles. The maximum Gasteiger partial charge on any atom is 0.258 e. The molecule has 1 unspecified atom stereocenters. The van der Waals surface area contributed by atoms with Gasteiger partial charge in [0.15, 0.2) is 18.1 Å². The Morgan fingerprint density at radius 2 is 1.64 bits per heavy atom. The van der Waals surface area contributed by atoms with E-state index in [2.05, 4.69) is 5.32 Å². The van der Waals surface area contributed by atoms with E-state index in [1.54, 1.807) is 26.4 Å². The summed E-state index contributed by atoms with van der Waals surface area (Å²) in [7, 11) is 3.23. The van der Waals surface area contributed by atoms with Crippen molar-refractivity contribution in [3.8, 4) is 11.5 Å². The first kappa shape index (κ1) is 18.8. The highest BCUT2D eigenvalue weighted by molar-refractivity contribution is 5.77. The number of amides is 1. The van der Waals surface area contributed by atoms with Gasteiger partial charge in [-0.05, 0) is 24.1 Å². The van der Waals surface area contributed by atoms with E-state index in [1.165, 1.54) is 0 Å². The van der Waals surface area contributed by atoms with Crippen LogP contribution in [0.5, 0.6) is 11.5 Å². The fourth-order valence-corrected chi connectivity index (χ4v) is 2.68. The summed E-state index contributed by atoms with van der Waals surface area (Å²) in [5.74, 6) is 0.924. The zero-order valence-electron chi connectivity index (χ0n) is 15.0. The lowest BCUT2D eigenvalue weighted by molar-refractivity contribution is -0.125. The maximum atomic E-state index is 12.2. The van der Waals surface area contributed by atoms with Crippen molar-refractivity contribution < 1.29 is 19.0 Å². The van der Waals surface area contributed by atoms with E-state index in [9.17, 15) is 4.79 Å². The Kier molecular flexibility index (Phi) is 6.83. The Bertz CT molecular complexity index is 668. The van der Waals surface area contributed by atoms with Crippen LogP contribution in [0.3, 0.4) is 0 Å². The van der Waals surface area contributed by atoms with Crippen LogP contribution >= 0.6 is 0 Å². The van der Waals surface area contributed by atoms with Crippen molar-refractivity contribution in [1.82, 2.24) is 5.32 Å². The second-order valence-corrected chi connectivity index (χ2v) is 5.63. The van der Waals surface area contributed by atoms with Crippen LogP contribution in [0.15, 0.2) is 54.6 Å². The van der Waals surface area contributed by atoms with Crippen LogP contribution < -0.4 is 14.8 Å². The summed E-state index contributed by atoms with van der Waals surface area (Å²) in [5, 5.41) is 2.90. The van der Waals surface area contributed by atoms with E-state index in [-0.39, 0.29) is 12.5 Å². The number of carbonyl (C=O) groups is 1. The molecule has 1 amide bonds. The van der Waals surface area contributed by atoms with Gasteiger partial charge in [0.1, 0.15) is 5.60 Å². The molecule has 134 valence electrons. The molecule has 5 heteroatoms. The zero-order valence-corrected chi connectivity index (χ0v) is 15.0. The van der Waals surface area contributed by atoms with E-state index in [0.717, 1.165) is 12.0 Å². The number of para-hydroxylation sites is 2. The number of ether oxygens (including phenoxy) is 3. The number of rotatable bonds is 9. The molecule has 0 saturated carbocycles. The van der Waals surface area contributed by atoms with Crippen LogP contribution in [0.1, 0.15) is 18.9 Å². The Balaban J connectivity index is 1.95. The quantitative estimate of drug-likeness (QED) is 0.760. The van der Waals surface area contributed by atoms with Crippen molar-refractivity contribution >= 4 is 5.91 Å². The fraction of sp³-hybridized carbons (Fsp3) is 0.350. The zero-order chi connectivity index (χ0) is 18.1. The van der Waals surface area contributed by atoms with E-state index in [0.29, 0.717) is 18.0 Å². The van der Waals surface area contributed by atoms with Gasteiger partial charge in [0, 0.05) is 7.11 Å². The molecular weight excluding hydrogens is 318 g/mol. The van der Waals surface area contributed by atoms with E-state index < -0.39 is 5.60 Å². The SMILES string of the molecule is CCC(CNC(=O)COc1ccccc1OC)(OC)c1ccccc1. The number of nitrogens with one attached hydrogen (secondary N) is 1. The van der Waals surface area contributed by atoms with Gasteiger partial charge in [0.25, 0.3) is 5.91 Å². The third-order valence-electron chi connectivity index (χ3n) is 4.26. The van der Waals surface area contributed by atoms with Gasteiger partial charge in [-0.1, -0.05) is 49.4 Å².